The van der Waals surface area contributed by atoms with Crippen LogP contribution in [-0.2, 0) is 0 Å². The summed E-state index contributed by atoms with van der Waals surface area (Å²) in [5.41, 5.74) is 4.70. The van der Waals surface area contributed by atoms with Gasteiger partial charge in [-0.15, -0.1) is 0 Å². The Hall–Kier alpha value is -2.26. The standard InChI is InChI=1S/C15H15N3/c1-17-18-15(13-10-6-3-7-11-13)14(16)12-8-4-2-5-9-12/h2-11,16-17H,1H3/p+1/b16-14?,18-15-. The number of benzene rings is 2. The normalized spacial score (nSPS) is 11.3. The van der Waals surface area contributed by atoms with Crippen LogP contribution in [0.2, 0.25) is 0 Å². The fraction of sp³-hybridized carbons (Fsp3) is 0.0667. The number of nitrogens with one attached hydrogen (secondary N) is 1. The van der Waals surface area contributed by atoms with Crippen molar-refractivity contribution in [1.82, 2.24) is 0 Å². The Morgan fingerprint density at radius 3 is 1.89 bits per heavy atom. The van der Waals surface area contributed by atoms with E-state index in [-0.39, 0.29) is 0 Å². The molecule has 2 rings (SSSR count). The van der Waals surface area contributed by atoms with Gasteiger partial charge in [0.05, 0.1) is 12.8 Å². The molecule has 18 heavy (non-hydrogen) atoms. The smallest absolute Gasteiger partial charge is 0.151 e. The van der Waals surface area contributed by atoms with Crippen LogP contribution in [0.15, 0.2) is 65.8 Å². The highest BCUT2D eigenvalue weighted by atomic mass is 15.3. The monoisotopic (exact) mass is 238 g/mol. The molecule has 3 N–H and O–H groups in total. The quantitative estimate of drug-likeness (QED) is 0.462. The Morgan fingerprint density at radius 1 is 0.889 bits per heavy atom. The molecule has 3 nitrogen and oxygen atoms in total. The maximum atomic E-state index is 8.28. The lowest BCUT2D eigenvalue weighted by Crippen LogP contribution is -2.73. The van der Waals surface area contributed by atoms with Gasteiger partial charge in [-0.2, -0.15) is 0 Å². The third-order valence-electron chi connectivity index (χ3n) is 2.60. The molecule has 0 aliphatic carbocycles. The van der Waals surface area contributed by atoms with Crippen LogP contribution in [0.1, 0.15) is 11.1 Å². The van der Waals surface area contributed by atoms with Gasteiger partial charge < -0.3 is 0 Å². The molecule has 0 heterocycles. The van der Waals surface area contributed by atoms with Crippen LogP contribution in [0.4, 0.5) is 0 Å². The number of hydrogen-bond donors (Lipinski definition) is 2. The van der Waals surface area contributed by atoms with Crippen LogP contribution in [0, 0.1) is 5.41 Å². The molecular weight excluding hydrogens is 222 g/mol. The molecule has 0 saturated carbocycles. The predicted molar refractivity (Wildman–Crippen MR) is 74.1 cm³/mol. The SMILES string of the molecule is C[NH2+]/N=C(\C(=N)c1ccccc1)c1ccccc1. The molecule has 0 saturated heterocycles. The van der Waals surface area contributed by atoms with Gasteiger partial charge in [-0.3, -0.25) is 5.41 Å². The van der Waals surface area contributed by atoms with E-state index >= 15 is 0 Å². The molecule has 0 amide bonds. The van der Waals surface area contributed by atoms with Gasteiger partial charge in [0.25, 0.3) is 0 Å². The van der Waals surface area contributed by atoms with Crippen LogP contribution in [0.25, 0.3) is 0 Å². The maximum absolute atomic E-state index is 8.28. The van der Waals surface area contributed by atoms with E-state index in [1.807, 2.05) is 67.7 Å². The summed E-state index contributed by atoms with van der Waals surface area (Å²) in [6.07, 6.45) is 0. The fourth-order valence-electron chi connectivity index (χ4n) is 1.75. The highest BCUT2D eigenvalue weighted by Crippen LogP contribution is 2.08. The van der Waals surface area contributed by atoms with Gasteiger partial charge in [0, 0.05) is 11.1 Å². The lowest BCUT2D eigenvalue weighted by Gasteiger charge is -2.06. The minimum absolute atomic E-state index is 0.444. The predicted octanol–water partition coefficient (Wildman–Crippen LogP) is 1.65. The second-order valence-corrected chi connectivity index (χ2v) is 3.84. The highest BCUT2D eigenvalue weighted by Gasteiger charge is 2.13. The number of rotatable bonds is 4. The largest absolute Gasteiger partial charge is 0.298 e. The van der Waals surface area contributed by atoms with E-state index in [0.717, 1.165) is 11.1 Å². The van der Waals surface area contributed by atoms with Gasteiger partial charge in [0.15, 0.2) is 5.71 Å². The van der Waals surface area contributed by atoms with Crippen molar-refractivity contribution in [3.05, 3.63) is 71.8 Å². The van der Waals surface area contributed by atoms with Crippen molar-refractivity contribution in [2.45, 2.75) is 0 Å². The number of nitrogens with zero attached hydrogens (tertiary/aromatic N) is 1. The molecular formula is C15H16N3+. The highest BCUT2D eigenvalue weighted by molar-refractivity contribution is 6.52. The van der Waals surface area contributed by atoms with Gasteiger partial charge in [0.1, 0.15) is 0 Å². The maximum Gasteiger partial charge on any atom is 0.151 e. The first-order chi connectivity index (χ1) is 8.83. The molecule has 90 valence electrons. The van der Waals surface area contributed by atoms with Gasteiger partial charge in [-0.25, -0.2) is 5.43 Å². The fourth-order valence-corrected chi connectivity index (χ4v) is 1.75. The van der Waals surface area contributed by atoms with Gasteiger partial charge in [-0.1, -0.05) is 65.8 Å². The number of hydrogen-bond acceptors (Lipinski definition) is 2. The lowest BCUT2D eigenvalue weighted by atomic mass is 10.0. The first-order valence-electron chi connectivity index (χ1n) is 5.88. The summed E-state index contributed by atoms with van der Waals surface area (Å²) in [5, 5.41) is 12.6. The van der Waals surface area contributed by atoms with Gasteiger partial charge in [0.2, 0.25) is 0 Å². The molecule has 0 aliphatic heterocycles. The van der Waals surface area contributed by atoms with Crippen molar-refractivity contribution in [2.24, 2.45) is 5.10 Å². The topological polar surface area (TPSA) is 52.8 Å². The lowest BCUT2D eigenvalue weighted by molar-refractivity contribution is -0.633. The molecule has 0 bridgehead atoms. The summed E-state index contributed by atoms with van der Waals surface area (Å²) in [7, 11) is 1.86. The molecule has 2 aromatic carbocycles. The molecule has 0 radical (unpaired) electrons. The first kappa shape index (κ1) is 12.2. The molecule has 2 aromatic rings. The van der Waals surface area contributed by atoms with Crippen molar-refractivity contribution >= 4 is 11.4 Å². The van der Waals surface area contributed by atoms with Crippen molar-refractivity contribution < 1.29 is 5.43 Å². The van der Waals surface area contributed by atoms with E-state index in [1.54, 1.807) is 5.43 Å². The average Bonchev–Trinajstić information content (AvgIpc) is 2.46. The van der Waals surface area contributed by atoms with Crippen molar-refractivity contribution in [3.8, 4) is 0 Å². The second kappa shape index (κ2) is 5.89. The van der Waals surface area contributed by atoms with E-state index in [1.165, 1.54) is 0 Å². The molecule has 0 aliphatic rings. The number of quaternary nitrogens is 1. The number of nitrogens with two attached hydrogens (primary N) is 1. The van der Waals surface area contributed by atoms with Crippen molar-refractivity contribution in [1.29, 1.82) is 5.41 Å². The molecule has 0 spiro atoms. The summed E-state index contributed by atoms with van der Waals surface area (Å²) in [6, 6.07) is 19.5. The van der Waals surface area contributed by atoms with Crippen LogP contribution < -0.4 is 5.43 Å². The zero-order valence-electron chi connectivity index (χ0n) is 10.3. The van der Waals surface area contributed by atoms with Crippen LogP contribution in [0.3, 0.4) is 0 Å². The first-order valence-corrected chi connectivity index (χ1v) is 5.88. The third-order valence-corrected chi connectivity index (χ3v) is 2.60. The van der Waals surface area contributed by atoms with Gasteiger partial charge in [-0.05, 0) is 0 Å². The van der Waals surface area contributed by atoms with E-state index in [0.29, 0.717) is 11.4 Å². The van der Waals surface area contributed by atoms with E-state index in [9.17, 15) is 0 Å². The molecule has 0 unspecified atom stereocenters. The Bertz CT molecular complexity index is 544. The Balaban J connectivity index is 2.39. The van der Waals surface area contributed by atoms with Crippen LogP contribution in [-0.4, -0.2) is 18.5 Å². The molecule has 0 aromatic heterocycles. The summed E-state index contributed by atoms with van der Waals surface area (Å²) in [4.78, 5) is 0. The van der Waals surface area contributed by atoms with E-state index < -0.39 is 0 Å². The second-order valence-electron chi connectivity index (χ2n) is 3.84. The van der Waals surface area contributed by atoms with Crippen LogP contribution >= 0.6 is 0 Å². The Labute approximate surface area is 107 Å². The summed E-state index contributed by atoms with van der Waals surface area (Å²) < 4.78 is 0. The third kappa shape index (κ3) is 2.70. The van der Waals surface area contributed by atoms with E-state index in [2.05, 4.69) is 5.10 Å². The Kier molecular flexibility index (Phi) is 3.99. The zero-order valence-corrected chi connectivity index (χ0v) is 10.3. The average molecular weight is 238 g/mol. The van der Waals surface area contributed by atoms with Crippen molar-refractivity contribution in [2.75, 3.05) is 7.05 Å². The minimum atomic E-state index is 0.444. The van der Waals surface area contributed by atoms with Crippen molar-refractivity contribution in [3.63, 3.8) is 0 Å². The molecule has 0 atom stereocenters. The van der Waals surface area contributed by atoms with Gasteiger partial charge >= 0.3 is 0 Å². The minimum Gasteiger partial charge on any atom is -0.298 e. The van der Waals surface area contributed by atoms with E-state index in [4.69, 9.17) is 5.41 Å². The zero-order chi connectivity index (χ0) is 12.8. The summed E-state index contributed by atoms with van der Waals surface area (Å²) in [5.74, 6) is 0. The summed E-state index contributed by atoms with van der Waals surface area (Å²) >= 11 is 0. The Morgan fingerprint density at radius 2 is 1.39 bits per heavy atom. The summed E-state index contributed by atoms with van der Waals surface area (Å²) in [6.45, 7) is 0. The molecule has 3 heteroatoms. The molecule has 0 fully saturated rings. The van der Waals surface area contributed by atoms with Crippen LogP contribution in [0.5, 0.6) is 0 Å².